The summed E-state index contributed by atoms with van der Waals surface area (Å²) in [6.07, 6.45) is 3.26. The second-order valence-electron chi connectivity index (χ2n) is 7.01. The molecule has 30 heavy (non-hydrogen) atoms. The number of anilines is 1. The van der Waals surface area contributed by atoms with E-state index in [2.05, 4.69) is 17.2 Å². The van der Waals surface area contributed by atoms with Gasteiger partial charge in [0.15, 0.2) is 0 Å². The van der Waals surface area contributed by atoms with Gasteiger partial charge in [0.1, 0.15) is 15.9 Å². The van der Waals surface area contributed by atoms with Crippen LogP contribution in [0.5, 0.6) is 0 Å². The van der Waals surface area contributed by atoms with Crippen molar-refractivity contribution in [2.24, 2.45) is 0 Å². The molecule has 0 aliphatic heterocycles. The van der Waals surface area contributed by atoms with Gasteiger partial charge in [0.05, 0.1) is 10.5 Å². The van der Waals surface area contributed by atoms with Crippen molar-refractivity contribution in [1.82, 2.24) is 9.55 Å². The minimum atomic E-state index is -3.85. The second kappa shape index (κ2) is 9.02. The first-order valence-corrected chi connectivity index (χ1v) is 11.6. The second-order valence-corrected chi connectivity index (χ2v) is 9.25. The molecule has 158 valence electrons. The number of pyridine rings is 1. The smallest absolute Gasteiger partial charge is 0.259 e. The van der Waals surface area contributed by atoms with Crippen LogP contribution in [0, 0.1) is 13.8 Å². The van der Waals surface area contributed by atoms with E-state index in [1.54, 1.807) is 49.4 Å². The highest BCUT2D eigenvalue weighted by molar-refractivity contribution is 7.91. The van der Waals surface area contributed by atoms with E-state index in [1.807, 2.05) is 11.5 Å². The molecule has 0 aliphatic carbocycles. The minimum absolute atomic E-state index is 0.0579. The number of aromatic nitrogens is 2. The van der Waals surface area contributed by atoms with Gasteiger partial charge in [-0.15, -0.1) is 0 Å². The first-order valence-electron chi connectivity index (χ1n) is 9.70. The standard InChI is InChI=1S/C22H24ClN3O3S/c1-4-5-14-26-16(3)15(2)19(30(28,29)17-10-7-6-8-11-17)21(26)25-22(27)18-12-9-13-24-20(18)23/h6-13H,4-5,14H2,1-3H3,(H,25,27). The highest BCUT2D eigenvalue weighted by Crippen LogP contribution is 2.36. The molecule has 8 heteroatoms. The predicted molar refractivity (Wildman–Crippen MR) is 118 cm³/mol. The Balaban J connectivity index is 2.18. The van der Waals surface area contributed by atoms with Crippen molar-refractivity contribution in [3.05, 3.63) is 70.6 Å². The monoisotopic (exact) mass is 445 g/mol. The van der Waals surface area contributed by atoms with Crippen LogP contribution in [0.25, 0.3) is 0 Å². The lowest BCUT2D eigenvalue weighted by molar-refractivity contribution is 0.102. The Morgan fingerprint density at radius 2 is 1.83 bits per heavy atom. The van der Waals surface area contributed by atoms with Gasteiger partial charge in [-0.05, 0) is 50.1 Å². The number of nitrogens with one attached hydrogen (secondary N) is 1. The van der Waals surface area contributed by atoms with E-state index in [0.717, 1.165) is 18.5 Å². The van der Waals surface area contributed by atoms with Crippen molar-refractivity contribution in [3.8, 4) is 0 Å². The Hall–Kier alpha value is -2.64. The van der Waals surface area contributed by atoms with Crippen molar-refractivity contribution in [1.29, 1.82) is 0 Å². The van der Waals surface area contributed by atoms with Crippen LogP contribution in [0.2, 0.25) is 5.15 Å². The fourth-order valence-electron chi connectivity index (χ4n) is 3.33. The van der Waals surface area contributed by atoms with Gasteiger partial charge in [-0.2, -0.15) is 0 Å². The largest absolute Gasteiger partial charge is 0.331 e. The molecule has 0 saturated carbocycles. The van der Waals surface area contributed by atoms with E-state index in [1.165, 1.54) is 6.20 Å². The maximum atomic E-state index is 13.5. The molecular weight excluding hydrogens is 422 g/mol. The lowest BCUT2D eigenvalue weighted by Gasteiger charge is -2.14. The van der Waals surface area contributed by atoms with E-state index in [9.17, 15) is 13.2 Å². The number of carbonyl (C=O) groups is 1. The van der Waals surface area contributed by atoms with E-state index >= 15 is 0 Å². The topological polar surface area (TPSA) is 81.1 Å². The van der Waals surface area contributed by atoms with Gasteiger partial charge in [-0.1, -0.05) is 43.1 Å². The molecule has 0 radical (unpaired) electrons. The molecule has 0 bridgehead atoms. The minimum Gasteiger partial charge on any atom is -0.331 e. The Morgan fingerprint density at radius 1 is 1.13 bits per heavy atom. The number of unbranched alkanes of at least 4 members (excludes halogenated alkanes) is 1. The number of sulfone groups is 1. The number of nitrogens with zero attached hydrogens (tertiary/aromatic N) is 2. The van der Waals surface area contributed by atoms with Crippen molar-refractivity contribution in [3.63, 3.8) is 0 Å². The van der Waals surface area contributed by atoms with Crippen LogP contribution in [0.4, 0.5) is 5.82 Å². The van der Waals surface area contributed by atoms with Crippen LogP contribution in [0.1, 0.15) is 41.4 Å². The number of hydrogen-bond donors (Lipinski definition) is 1. The summed E-state index contributed by atoms with van der Waals surface area (Å²) in [5, 5.41) is 2.86. The van der Waals surface area contributed by atoms with Gasteiger partial charge >= 0.3 is 0 Å². The van der Waals surface area contributed by atoms with E-state index in [-0.39, 0.29) is 26.3 Å². The third kappa shape index (κ3) is 4.13. The summed E-state index contributed by atoms with van der Waals surface area (Å²) in [4.78, 5) is 17.2. The Morgan fingerprint density at radius 3 is 2.47 bits per heavy atom. The maximum absolute atomic E-state index is 13.5. The van der Waals surface area contributed by atoms with Gasteiger partial charge in [0.25, 0.3) is 5.91 Å². The highest BCUT2D eigenvalue weighted by atomic mass is 35.5. The van der Waals surface area contributed by atoms with Gasteiger partial charge in [0.2, 0.25) is 9.84 Å². The van der Waals surface area contributed by atoms with Crippen molar-refractivity contribution >= 4 is 33.2 Å². The summed E-state index contributed by atoms with van der Waals surface area (Å²) in [6.45, 7) is 6.27. The number of benzene rings is 1. The van der Waals surface area contributed by atoms with Crippen molar-refractivity contribution in [2.45, 2.75) is 49.9 Å². The molecule has 1 amide bonds. The van der Waals surface area contributed by atoms with Crippen LogP contribution in [0.15, 0.2) is 58.5 Å². The zero-order chi connectivity index (χ0) is 21.9. The molecule has 2 aromatic heterocycles. The van der Waals surface area contributed by atoms with E-state index in [0.29, 0.717) is 12.1 Å². The average molecular weight is 446 g/mol. The van der Waals surface area contributed by atoms with Gasteiger partial charge in [0, 0.05) is 18.4 Å². The third-order valence-electron chi connectivity index (χ3n) is 5.07. The Kier molecular flexibility index (Phi) is 6.63. The predicted octanol–water partition coefficient (Wildman–Crippen LogP) is 5.04. The molecule has 1 aromatic carbocycles. The van der Waals surface area contributed by atoms with Crippen LogP contribution in [-0.4, -0.2) is 23.9 Å². The highest BCUT2D eigenvalue weighted by Gasteiger charge is 2.30. The fourth-order valence-corrected chi connectivity index (χ4v) is 5.25. The number of amides is 1. The molecule has 0 aliphatic rings. The van der Waals surface area contributed by atoms with Crippen LogP contribution < -0.4 is 5.32 Å². The summed E-state index contributed by atoms with van der Waals surface area (Å²) in [5.74, 6) is -0.250. The molecule has 0 unspecified atom stereocenters. The summed E-state index contributed by atoms with van der Waals surface area (Å²) in [6, 6.07) is 11.4. The number of carbonyl (C=O) groups excluding carboxylic acids is 1. The summed E-state index contributed by atoms with van der Waals surface area (Å²) in [7, 11) is -3.85. The molecule has 0 saturated heterocycles. The summed E-state index contributed by atoms with van der Waals surface area (Å²) >= 11 is 6.07. The molecular formula is C22H24ClN3O3S. The Bertz CT molecular complexity index is 1170. The number of hydrogen-bond acceptors (Lipinski definition) is 4. The fraction of sp³-hybridized carbons (Fsp3) is 0.273. The van der Waals surface area contributed by atoms with Gasteiger partial charge < -0.3 is 9.88 Å². The zero-order valence-electron chi connectivity index (χ0n) is 17.1. The third-order valence-corrected chi connectivity index (χ3v) is 7.30. The van der Waals surface area contributed by atoms with Crippen LogP contribution >= 0.6 is 11.6 Å². The molecule has 3 rings (SSSR count). The van der Waals surface area contributed by atoms with Gasteiger partial charge in [-0.3, -0.25) is 4.79 Å². The Labute approximate surface area is 181 Å². The molecule has 3 aromatic rings. The normalized spacial score (nSPS) is 11.5. The summed E-state index contributed by atoms with van der Waals surface area (Å²) in [5.41, 5.74) is 1.59. The quantitative estimate of drug-likeness (QED) is 0.516. The zero-order valence-corrected chi connectivity index (χ0v) is 18.7. The molecule has 2 heterocycles. The SMILES string of the molecule is CCCCn1c(C)c(C)c(S(=O)(=O)c2ccccc2)c1NC(=O)c1cccnc1Cl. The molecule has 0 fully saturated rings. The van der Waals surface area contributed by atoms with Gasteiger partial charge in [-0.25, -0.2) is 13.4 Å². The number of halogens is 1. The number of rotatable bonds is 7. The lowest BCUT2D eigenvalue weighted by Crippen LogP contribution is -2.18. The van der Waals surface area contributed by atoms with Crippen LogP contribution in [0.3, 0.4) is 0 Å². The molecule has 6 nitrogen and oxygen atoms in total. The lowest BCUT2D eigenvalue weighted by atomic mass is 10.2. The first-order chi connectivity index (χ1) is 14.3. The molecule has 1 N–H and O–H groups in total. The summed E-state index contributed by atoms with van der Waals surface area (Å²) < 4.78 is 28.9. The average Bonchev–Trinajstić information content (AvgIpc) is 2.97. The molecule has 0 atom stereocenters. The van der Waals surface area contributed by atoms with Crippen molar-refractivity contribution in [2.75, 3.05) is 5.32 Å². The van der Waals surface area contributed by atoms with Crippen LogP contribution in [-0.2, 0) is 16.4 Å². The van der Waals surface area contributed by atoms with Crippen molar-refractivity contribution < 1.29 is 13.2 Å². The maximum Gasteiger partial charge on any atom is 0.259 e. The van der Waals surface area contributed by atoms with E-state index in [4.69, 9.17) is 11.6 Å². The first kappa shape index (κ1) is 22.1. The molecule has 0 spiro atoms. The van der Waals surface area contributed by atoms with E-state index < -0.39 is 15.7 Å².